The first-order valence-corrected chi connectivity index (χ1v) is 8.48. The van der Waals surface area contributed by atoms with Crippen molar-refractivity contribution in [2.75, 3.05) is 4.90 Å². The molecule has 0 N–H and O–H groups in total. The number of amides is 1. The summed E-state index contributed by atoms with van der Waals surface area (Å²) in [5, 5.41) is 0. The smallest absolute Gasteiger partial charge is 0.224 e. The molecule has 0 fully saturated rings. The summed E-state index contributed by atoms with van der Waals surface area (Å²) in [6.07, 6.45) is 3.53. The fourth-order valence-corrected chi connectivity index (χ4v) is 3.49. The quantitative estimate of drug-likeness (QED) is 0.769. The maximum atomic E-state index is 12.0. The second-order valence-electron chi connectivity index (χ2n) is 5.92. The van der Waals surface area contributed by atoms with Crippen LogP contribution in [0, 0.1) is 6.92 Å². The van der Waals surface area contributed by atoms with Crippen molar-refractivity contribution in [2.24, 2.45) is 0 Å². The number of aromatic nitrogens is 1. The highest BCUT2D eigenvalue weighted by molar-refractivity contribution is 9.10. The zero-order chi connectivity index (χ0) is 16.6. The minimum Gasteiger partial charge on any atom is -0.437 e. The number of aryl methyl sites for hydroxylation is 1. The van der Waals surface area contributed by atoms with Crippen LogP contribution < -0.4 is 9.64 Å². The number of hydrogen-bond donors (Lipinski definition) is 0. The molecule has 120 valence electrons. The Bertz CT molecular complexity index is 761. The van der Waals surface area contributed by atoms with Crippen LogP contribution in [0.25, 0.3) is 0 Å². The van der Waals surface area contributed by atoms with E-state index < -0.39 is 0 Å². The Morgan fingerprint density at radius 2 is 2.17 bits per heavy atom. The largest absolute Gasteiger partial charge is 0.437 e. The third-order valence-electron chi connectivity index (χ3n) is 4.14. The molecule has 1 aliphatic heterocycles. The van der Waals surface area contributed by atoms with Crippen LogP contribution in [0.1, 0.15) is 31.4 Å². The summed E-state index contributed by atoms with van der Waals surface area (Å²) < 4.78 is 6.93. The number of ether oxygens (including phenoxy) is 1. The number of nitrogens with zero attached hydrogens (tertiary/aromatic N) is 2. The van der Waals surface area contributed by atoms with Gasteiger partial charge in [0.25, 0.3) is 0 Å². The van der Waals surface area contributed by atoms with E-state index in [-0.39, 0.29) is 11.9 Å². The van der Waals surface area contributed by atoms with Gasteiger partial charge in [-0.2, -0.15) is 0 Å². The maximum absolute atomic E-state index is 12.0. The number of hydrogen-bond acceptors (Lipinski definition) is 3. The van der Waals surface area contributed by atoms with Gasteiger partial charge in [-0.3, -0.25) is 4.79 Å². The molecule has 0 radical (unpaired) electrons. The Hall–Kier alpha value is -1.88. The van der Waals surface area contributed by atoms with Crippen LogP contribution in [0.3, 0.4) is 0 Å². The number of carbonyl (C=O) groups excluding carboxylic acids is 1. The van der Waals surface area contributed by atoms with Gasteiger partial charge < -0.3 is 9.64 Å². The van der Waals surface area contributed by atoms with Gasteiger partial charge in [-0.1, -0.05) is 0 Å². The van der Waals surface area contributed by atoms with E-state index in [4.69, 9.17) is 4.74 Å². The zero-order valence-corrected chi connectivity index (χ0v) is 15.1. The van der Waals surface area contributed by atoms with E-state index in [0.717, 1.165) is 39.9 Å². The monoisotopic (exact) mass is 374 g/mol. The molecule has 0 saturated carbocycles. The van der Waals surface area contributed by atoms with Gasteiger partial charge in [-0.15, -0.1) is 0 Å². The van der Waals surface area contributed by atoms with Gasteiger partial charge in [-0.25, -0.2) is 4.98 Å². The van der Waals surface area contributed by atoms with Crippen LogP contribution in [0.5, 0.6) is 11.6 Å². The second-order valence-corrected chi connectivity index (χ2v) is 6.78. The molecule has 2 heterocycles. The summed E-state index contributed by atoms with van der Waals surface area (Å²) in [7, 11) is 0. The Balaban J connectivity index is 2.06. The van der Waals surface area contributed by atoms with E-state index in [1.165, 1.54) is 0 Å². The highest BCUT2D eigenvalue weighted by Crippen LogP contribution is 2.42. The average molecular weight is 375 g/mol. The molecule has 3 rings (SSSR count). The van der Waals surface area contributed by atoms with Crippen molar-refractivity contribution in [3.8, 4) is 11.6 Å². The number of pyridine rings is 1. The average Bonchev–Trinajstić information content (AvgIpc) is 2.49. The number of carbonyl (C=O) groups is 1. The van der Waals surface area contributed by atoms with Gasteiger partial charge in [0, 0.05) is 30.8 Å². The SMILES string of the molecule is CC(=O)N1c2ccc(Br)c(Oc3cc(C)ccn3)c2CC[C@@H]1C. The Kier molecular flexibility index (Phi) is 4.39. The molecule has 0 saturated heterocycles. The first-order valence-electron chi connectivity index (χ1n) is 7.69. The van der Waals surface area contributed by atoms with Crippen LogP contribution in [-0.2, 0) is 11.2 Å². The van der Waals surface area contributed by atoms with Gasteiger partial charge in [0.05, 0.1) is 10.2 Å². The predicted molar refractivity (Wildman–Crippen MR) is 94.1 cm³/mol. The van der Waals surface area contributed by atoms with Gasteiger partial charge in [-0.05, 0) is 66.4 Å². The van der Waals surface area contributed by atoms with Crippen LogP contribution in [0.4, 0.5) is 5.69 Å². The van der Waals surface area contributed by atoms with Crippen molar-refractivity contribution in [3.63, 3.8) is 0 Å². The first kappa shape index (κ1) is 16.0. The van der Waals surface area contributed by atoms with Crippen LogP contribution in [0.2, 0.25) is 0 Å². The fourth-order valence-electron chi connectivity index (χ4n) is 3.04. The lowest BCUT2D eigenvalue weighted by molar-refractivity contribution is -0.117. The minimum atomic E-state index is 0.0559. The van der Waals surface area contributed by atoms with Gasteiger partial charge >= 0.3 is 0 Å². The van der Waals surface area contributed by atoms with E-state index >= 15 is 0 Å². The molecule has 0 aliphatic carbocycles. The summed E-state index contributed by atoms with van der Waals surface area (Å²) in [6, 6.07) is 7.94. The molecule has 1 amide bonds. The second kappa shape index (κ2) is 6.32. The lowest BCUT2D eigenvalue weighted by Gasteiger charge is -2.35. The summed E-state index contributed by atoms with van der Waals surface area (Å²) in [5.41, 5.74) is 3.08. The highest BCUT2D eigenvalue weighted by Gasteiger charge is 2.29. The Morgan fingerprint density at radius 3 is 2.87 bits per heavy atom. The van der Waals surface area contributed by atoms with Gasteiger partial charge in [0.1, 0.15) is 5.75 Å². The Morgan fingerprint density at radius 1 is 1.39 bits per heavy atom. The number of halogens is 1. The summed E-state index contributed by atoms with van der Waals surface area (Å²) in [4.78, 5) is 18.2. The van der Waals surface area contributed by atoms with E-state index in [9.17, 15) is 4.79 Å². The minimum absolute atomic E-state index is 0.0559. The third-order valence-corrected chi connectivity index (χ3v) is 4.76. The number of rotatable bonds is 2. The summed E-state index contributed by atoms with van der Waals surface area (Å²) in [5.74, 6) is 1.37. The normalized spacial score (nSPS) is 16.9. The molecule has 23 heavy (non-hydrogen) atoms. The standard InChI is InChI=1S/C18H19BrN2O2/c1-11-8-9-20-17(10-11)23-18-14-5-4-12(2)21(13(3)22)16(14)7-6-15(18)19/h6-10,12H,4-5H2,1-3H3/t12-/m0/s1. The zero-order valence-electron chi connectivity index (χ0n) is 13.5. The van der Waals surface area contributed by atoms with Gasteiger partial charge in [0.2, 0.25) is 11.8 Å². The van der Waals surface area contributed by atoms with E-state index in [1.807, 2.05) is 36.1 Å². The van der Waals surface area contributed by atoms with Crippen molar-refractivity contribution in [3.05, 3.63) is 46.1 Å². The first-order chi connectivity index (χ1) is 11.0. The van der Waals surface area contributed by atoms with Crippen molar-refractivity contribution in [1.29, 1.82) is 0 Å². The molecular formula is C18H19BrN2O2. The molecule has 4 nitrogen and oxygen atoms in total. The third kappa shape index (κ3) is 3.11. The van der Waals surface area contributed by atoms with Crippen molar-refractivity contribution >= 4 is 27.5 Å². The molecule has 1 aliphatic rings. The number of anilines is 1. The lowest BCUT2D eigenvalue weighted by Crippen LogP contribution is -2.40. The predicted octanol–water partition coefficient (Wildman–Crippen LogP) is 4.63. The molecule has 0 bridgehead atoms. The van der Waals surface area contributed by atoms with Crippen molar-refractivity contribution < 1.29 is 9.53 Å². The molecule has 2 aromatic rings. The molecule has 5 heteroatoms. The molecule has 0 spiro atoms. The number of fused-ring (bicyclic) bond motifs is 1. The molecule has 1 aromatic carbocycles. The van der Waals surface area contributed by atoms with Crippen molar-refractivity contribution in [2.45, 2.75) is 39.7 Å². The molecule has 1 aromatic heterocycles. The fraction of sp³-hybridized carbons (Fsp3) is 0.333. The molecule has 0 unspecified atom stereocenters. The molecule has 1 atom stereocenters. The van der Waals surface area contributed by atoms with E-state index in [1.54, 1.807) is 13.1 Å². The summed E-state index contributed by atoms with van der Waals surface area (Å²) in [6.45, 7) is 5.69. The van der Waals surface area contributed by atoms with Crippen LogP contribution in [0.15, 0.2) is 34.9 Å². The van der Waals surface area contributed by atoms with Gasteiger partial charge in [0.15, 0.2) is 0 Å². The maximum Gasteiger partial charge on any atom is 0.224 e. The molecular weight excluding hydrogens is 356 g/mol. The Labute approximate surface area is 144 Å². The van der Waals surface area contributed by atoms with E-state index in [2.05, 4.69) is 27.8 Å². The topological polar surface area (TPSA) is 42.4 Å². The van der Waals surface area contributed by atoms with Crippen LogP contribution in [-0.4, -0.2) is 16.9 Å². The van der Waals surface area contributed by atoms with Crippen LogP contribution >= 0.6 is 15.9 Å². The highest BCUT2D eigenvalue weighted by atomic mass is 79.9. The number of benzene rings is 1. The van der Waals surface area contributed by atoms with Crippen molar-refractivity contribution in [1.82, 2.24) is 4.98 Å². The lowest BCUT2D eigenvalue weighted by atomic mass is 9.95. The van der Waals surface area contributed by atoms with E-state index in [0.29, 0.717) is 5.88 Å². The summed E-state index contributed by atoms with van der Waals surface area (Å²) >= 11 is 3.57.